The number of nitrogens with zero attached hydrogens (tertiary/aromatic N) is 2. The van der Waals surface area contributed by atoms with Crippen molar-refractivity contribution in [2.45, 2.75) is 89.1 Å². The Morgan fingerprint density at radius 2 is 1.53 bits per heavy atom. The standard InChI is InChI=1S/C26H37ClN2O2S/c1-4-5-6-7-8-9-10-11-16-32-26-28-18-22(19-29-26)21-12-14-23(15-13-21)31-25(30)24(27)17-20(2)3/h12-15,18-20,24H,4-11,16-17H2,1-3H3/t24-/m0/s1. The van der Waals surface area contributed by atoms with Gasteiger partial charge >= 0.3 is 5.97 Å². The predicted octanol–water partition coefficient (Wildman–Crippen LogP) is 7.94. The lowest BCUT2D eigenvalue weighted by Crippen LogP contribution is -2.22. The van der Waals surface area contributed by atoms with Crippen LogP contribution in [0.25, 0.3) is 11.1 Å². The first-order valence-corrected chi connectivity index (χ1v) is 13.3. The highest BCUT2D eigenvalue weighted by Crippen LogP contribution is 2.24. The first kappa shape index (κ1) is 26.7. The molecule has 32 heavy (non-hydrogen) atoms. The van der Waals surface area contributed by atoms with Crippen molar-refractivity contribution >= 4 is 29.3 Å². The van der Waals surface area contributed by atoms with E-state index >= 15 is 0 Å². The van der Waals surface area contributed by atoms with Gasteiger partial charge in [-0.05, 0) is 36.5 Å². The average molecular weight is 477 g/mol. The molecule has 0 saturated heterocycles. The minimum absolute atomic E-state index is 0.342. The molecule has 0 radical (unpaired) electrons. The van der Waals surface area contributed by atoms with E-state index < -0.39 is 11.3 Å². The highest BCUT2D eigenvalue weighted by atomic mass is 35.5. The van der Waals surface area contributed by atoms with Gasteiger partial charge in [-0.2, -0.15) is 0 Å². The molecule has 1 aromatic carbocycles. The van der Waals surface area contributed by atoms with Crippen molar-refractivity contribution in [2.75, 3.05) is 5.75 Å². The van der Waals surface area contributed by atoms with Gasteiger partial charge in [0.2, 0.25) is 0 Å². The normalized spacial score (nSPS) is 12.2. The summed E-state index contributed by atoms with van der Waals surface area (Å²) in [6, 6.07) is 7.36. The monoisotopic (exact) mass is 476 g/mol. The van der Waals surface area contributed by atoms with Crippen molar-refractivity contribution in [1.82, 2.24) is 9.97 Å². The summed E-state index contributed by atoms with van der Waals surface area (Å²) in [5.41, 5.74) is 1.92. The van der Waals surface area contributed by atoms with Crippen LogP contribution in [0, 0.1) is 5.92 Å². The van der Waals surface area contributed by atoms with Crippen molar-refractivity contribution in [1.29, 1.82) is 0 Å². The molecule has 2 rings (SSSR count). The Morgan fingerprint density at radius 3 is 2.12 bits per heavy atom. The largest absolute Gasteiger partial charge is 0.425 e. The van der Waals surface area contributed by atoms with Crippen LogP contribution in [-0.2, 0) is 4.79 Å². The minimum Gasteiger partial charge on any atom is -0.425 e. The van der Waals surface area contributed by atoms with E-state index in [-0.39, 0.29) is 0 Å². The Bertz CT molecular complexity index is 781. The number of aromatic nitrogens is 2. The van der Waals surface area contributed by atoms with Crippen LogP contribution < -0.4 is 4.74 Å². The summed E-state index contributed by atoms with van der Waals surface area (Å²) in [5, 5.41) is 0.194. The molecule has 0 amide bonds. The first-order valence-electron chi connectivity index (χ1n) is 11.9. The number of rotatable bonds is 15. The molecule has 0 N–H and O–H groups in total. The zero-order valence-corrected chi connectivity index (χ0v) is 21.3. The number of carbonyl (C=O) groups excluding carboxylic acids is 1. The predicted molar refractivity (Wildman–Crippen MR) is 136 cm³/mol. The van der Waals surface area contributed by atoms with Gasteiger partial charge in [-0.15, -0.1) is 11.6 Å². The smallest absolute Gasteiger partial charge is 0.329 e. The number of unbranched alkanes of at least 4 members (excludes halogenated alkanes) is 7. The van der Waals surface area contributed by atoms with Gasteiger partial charge in [0.05, 0.1) is 0 Å². The van der Waals surface area contributed by atoms with Crippen LogP contribution in [-0.4, -0.2) is 27.1 Å². The van der Waals surface area contributed by atoms with Gasteiger partial charge in [0.25, 0.3) is 0 Å². The summed E-state index contributed by atoms with van der Waals surface area (Å²) in [5.74, 6) is 1.49. The lowest BCUT2D eigenvalue weighted by Gasteiger charge is -2.11. The molecule has 1 aromatic heterocycles. The van der Waals surface area contributed by atoms with Gasteiger partial charge in [0, 0.05) is 23.7 Å². The second kappa shape index (κ2) is 15.3. The molecule has 176 valence electrons. The van der Waals surface area contributed by atoms with Crippen LogP contribution in [0.3, 0.4) is 0 Å². The lowest BCUT2D eigenvalue weighted by atomic mass is 10.1. The first-order chi connectivity index (χ1) is 15.5. The van der Waals surface area contributed by atoms with E-state index in [0.717, 1.165) is 22.0 Å². The van der Waals surface area contributed by atoms with Gasteiger partial charge in [-0.1, -0.05) is 89.6 Å². The lowest BCUT2D eigenvalue weighted by molar-refractivity contribution is -0.134. The van der Waals surface area contributed by atoms with Crippen molar-refractivity contribution in [3.05, 3.63) is 36.7 Å². The molecule has 0 bridgehead atoms. The van der Waals surface area contributed by atoms with E-state index in [1.807, 2.05) is 38.4 Å². The maximum absolute atomic E-state index is 12.1. The molecule has 6 heteroatoms. The number of benzene rings is 1. The second-order valence-corrected chi connectivity index (χ2v) is 10.2. The van der Waals surface area contributed by atoms with Crippen molar-refractivity contribution in [3.63, 3.8) is 0 Å². The van der Waals surface area contributed by atoms with Gasteiger partial charge in [-0.25, -0.2) is 9.97 Å². The summed E-state index contributed by atoms with van der Waals surface area (Å²) in [6.45, 7) is 6.31. The summed E-state index contributed by atoms with van der Waals surface area (Å²) in [7, 11) is 0. The van der Waals surface area contributed by atoms with E-state index in [4.69, 9.17) is 16.3 Å². The van der Waals surface area contributed by atoms with E-state index in [1.165, 1.54) is 51.4 Å². The van der Waals surface area contributed by atoms with E-state index in [1.54, 1.807) is 23.9 Å². The van der Waals surface area contributed by atoms with E-state index in [9.17, 15) is 4.79 Å². The summed E-state index contributed by atoms with van der Waals surface area (Å²) >= 11 is 7.83. The van der Waals surface area contributed by atoms with Crippen LogP contribution in [0.15, 0.2) is 41.8 Å². The van der Waals surface area contributed by atoms with Crippen molar-refractivity contribution in [3.8, 4) is 16.9 Å². The summed E-state index contributed by atoms with van der Waals surface area (Å²) < 4.78 is 5.38. The number of thioether (sulfide) groups is 1. The van der Waals surface area contributed by atoms with Crippen molar-refractivity contribution in [2.24, 2.45) is 5.92 Å². The van der Waals surface area contributed by atoms with Gasteiger partial charge in [0.1, 0.15) is 11.1 Å². The molecular weight excluding hydrogens is 440 g/mol. The highest BCUT2D eigenvalue weighted by molar-refractivity contribution is 7.99. The van der Waals surface area contributed by atoms with Crippen LogP contribution in [0.4, 0.5) is 0 Å². The molecule has 0 aliphatic carbocycles. The van der Waals surface area contributed by atoms with Gasteiger partial charge < -0.3 is 4.74 Å². The minimum atomic E-state index is -0.626. The molecule has 0 unspecified atom stereocenters. The number of hydrogen-bond acceptors (Lipinski definition) is 5. The number of halogens is 1. The topological polar surface area (TPSA) is 52.1 Å². The molecule has 0 aliphatic rings. The third-order valence-electron chi connectivity index (χ3n) is 5.20. The molecular formula is C26H37ClN2O2S. The number of hydrogen-bond donors (Lipinski definition) is 0. The fourth-order valence-electron chi connectivity index (χ4n) is 3.34. The zero-order valence-electron chi connectivity index (χ0n) is 19.7. The van der Waals surface area contributed by atoms with Gasteiger partial charge in [0.15, 0.2) is 5.16 Å². The Morgan fingerprint density at radius 1 is 0.938 bits per heavy atom. The molecule has 0 fully saturated rings. The third kappa shape index (κ3) is 10.4. The number of carbonyl (C=O) groups is 1. The molecule has 0 spiro atoms. The number of esters is 1. The highest BCUT2D eigenvalue weighted by Gasteiger charge is 2.19. The molecule has 2 aromatic rings. The Balaban J connectivity index is 1.72. The summed E-state index contributed by atoms with van der Waals surface area (Å²) in [4.78, 5) is 21.0. The maximum atomic E-state index is 12.1. The van der Waals surface area contributed by atoms with Crippen LogP contribution in [0.5, 0.6) is 5.75 Å². The third-order valence-corrected chi connectivity index (χ3v) is 6.52. The Hall–Kier alpha value is -1.59. The second-order valence-electron chi connectivity index (χ2n) is 8.62. The number of ether oxygens (including phenoxy) is 1. The van der Waals surface area contributed by atoms with Crippen molar-refractivity contribution < 1.29 is 9.53 Å². The molecule has 1 atom stereocenters. The fourth-order valence-corrected chi connectivity index (χ4v) is 4.53. The zero-order chi connectivity index (χ0) is 23.2. The van der Waals surface area contributed by atoms with Gasteiger partial charge in [-0.3, -0.25) is 4.79 Å². The Kier molecular flexibility index (Phi) is 12.7. The van der Waals surface area contributed by atoms with E-state index in [0.29, 0.717) is 18.1 Å². The van der Waals surface area contributed by atoms with Crippen LogP contribution in [0.2, 0.25) is 0 Å². The number of alkyl halides is 1. The molecule has 0 aliphatic heterocycles. The summed E-state index contributed by atoms with van der Waals surface area (Å²) in [6.07, 6.45) is 14.9. The maximum Gasteiger partial charge on any atom is 0.329 e. The average Bonchev–Trinajstić information content (AvgIpc) is 2.78. The Labute approximate surface area is 202 Å². The molecule has 1 heterocycles. The van der Waals surface area contributed by atoms with Crippen LogP contribution >= 0.6 is 23.4 Å². The van der Waals surface area contributed by atoms with E-state index in [2.05, 4.69) is 16.9 Å². The van der Waals surface area contributed by atoms with Crippen LogP contribution in [0.1, 0.15) is 78.6 Å². The fraction of sp³-hybridized carbons (Fsp3) is 0.577. The SMILES string of the molecule is CCCCCCCCCCSc1ncc(-c2ccc(OC(=O)[C@@H](Cl)CC(C)C)cc2)cn1. The molecule has 0 saturated carbocycles. The quantitative estimate of drug-likeness (QED) is 0.0651. The molecule has 4 nitrogen and oxygen atoms in total.